The fourth-order valence-electron chi connectivity index (χ4n) is 5.53. The number of nitrogens with zero attached hydrogens (tertiary/aromatic N) is 1. The third kappa shape index (κ3) is 19.6. The lowest BCUT2D eigenvalue weighted by Gasteiger charge is -2.10. The van der Waals surface area contributed by atoms with Gasteiger partial charge in [-0.15, -0.1) is 0 Å². The van der Waals surface area contributed by atoms with E-state index >= 15 is 0 Å². The first kappa shape index (κ1) is 37.9. The first-order valence-electron chi connectivity index (χ1n) is 17.0. The van der Waals surface area contributed by atoms with Gasteiger partial charge < -0.3 is 14.0 Å². The average Bonchev–Trinajstić information content (AvgIpc) is 3.67. The number of hydrogen-bond donors (Lipinski definition) is 0. The molecule has 6 nitrogen and oxygen atoms in total. The molecular weight excluding hydrogens is 579 g/mol. The second-order valence-electron chi connectivity index (χ2n) is 12.3. The number of thiazole rings is 1. The molecule has 3 rings (SSSR count). The molecule has 1 aliphatic heterocycles. The highest BCUT2D eigenvalue weighted by atomic mass is 32.2. The van der Waals surface area contributed by atoms with E-state index in [9.17, 15) is 13.0 Å². The molecule has 1 aliphatic rings. The van der Waals surface area contributed by atoms with Gasteiger partial charge in [0, 0.05) is 19.6 Å². The first-order chi connectivity index (χ1) is 20.9. The predicted octanol–water partition coefficient (Wildman–Crippen LogP) is 9.01. The first-order valence-corrected chi connectivity index (χ1v) is 19.4. The summed E-state index contributed by atoms with van der Waals surface area (Å²) in [6, 6.07) is 5.78. The summed E-state index contributed by atoms with van der Waals surface area (Å²) < 4.78 is 45.3. The van der Waals surface area contributed by atoms with Crippen LogP contribution in [0.15, 0.2) is 46.2 Å². The Labute approximate surface area is 267 Å². The SMILES string of the molecule is CCCCCCCCCCCCCC[C@H]1CO[C@H](COCCCCCC[n+]2ccsc2)C1.Cc1ccc(S(=O)(=O)[O-])cc1. The van der Waals surface area contributed by atoms with Crippen molar-refractivity contribution in [1.82, 2.24) is 0 Å². The predicted molar refractivity (Wildman–Crippen MR) is 176 cm³/mol. The molecule has 0 spiro atoms. The quantitative estimate of drug-likeness (QED) is 0.0690. The Morgan fingerprint density at radius 3 is 2.09 bits per heavy atom. The summed E-state index contributed by atoms with van der Waals surface area (Å²) in [7, 11) is -4.27. The van der Waals surface area contributed by atoms with Gasteiger partial charge in [-0.2, -0.15) is 4.57 Å². The zero-order valence-electron chi connectivity index (χ0n) is 27.1. The Morgan fingerprint density at radius 1 is 0.884 bits per heavy atom. The summed E-state index contributed by atoms with van der Waals surface area (Å²) in [5, 5.41) is 2.14. The number of unbranched alkanes of at least 4 members (excludes halogenated alkanes) is 14. The van der Waals surface area contributed by atoms with Crippen molar-refractivity contribution in [2.45, 2.75) is 147 Å². The molecule has 0 radical (unpaired) electrons. The molecule has 1 aromatic heterocycles. The maximum atomic E-state index is 10.4. The Morgan fingerprint density at radius 2 is 1.49 bits per heavy atom. The molecule has 0 aliphatic carbocycles. The van der Waals surface area contributed by atoms with Crippen LogP contribution in [0, 0.1) is 12.8 Å². The van der Waals surface area contributed by atoms with Crippen LogP contribution < -0.4 is 4.57 Å². The van der Waals surface area contributed by atoms with E-state index in [1.165, 1.54) is 128 Å². The lowest BCUT2D eigenvalue weighted by Crippen LogP contribution is -2.29. The summed E-state index contributed by atoms with van der Waals surface area (Å²) in [5.41, 5.74) is 3.12. The van der Waals surface area contributed by atoms with Crippen molar-refractivity contribution >= 4 is 21.5 Å². The summed E-state index contributed by atoms with van der Waals surface area (Å²) in [5.74, 6) is 0.779. The maximum absolute atomic E-state index is 10.4. The highest BCUT2D eigenvalue weighted by Crippen LogP contribution is 2.25. The third-order valence-corrected chi connectivity index (χ3v) is 9.75. The molecule has 0 bridgehead atoms. The van der Waals surface area contributed by atoms with Crippen LogP contribution in [0.1, 0.15) is 128 Å². The van der Waals surface area contributed by atoms with Crippen molar-refractivity contribution in [2.24, 2.45) is 5.92 Å². The van der Waals surface area contributed by atoms with Crippen LogP contribution in [-0.2, 0) is 26.1 Å². The van der Waals surface area contributed by atoms with E-state index < -0.39 is 10.1 Å². The Hall–Kier alpha value is -1.32. The summed E-state index contributed by atoms with van der Waals surface area (Å²) in [6.45, 7) is 7.94. The molecule has 246 valence electrons. The van der Waals surface area contributed by atoms with Crippen molar-refractivity contribution in [3.05, 3.63) is 46.9 Å². The molecule has 0 unspecified atom stereocenters. The van der Waals surface area contributed by atoms with Crippen molar-refractivity contribution in [3.63, 3.8) is 0 Å². The average molecular weight is 638 g/mol. The van der Waals surface area contributed by atoms with Gasteiger partial charge in [0.1, 0.15) is 16.7 Å². The van der Waals surface area contributed by atoms with Crippen LogP contribution >= 0.6 is 11.3 Å². The Bertz CT molecular complexity index is 1010. The van der Waals surface area contributed by atoms with Gasteiger partial charge >= 0.3 is 0 Å². The van der Waals surface area contributed by atoms with E-state index in [1.807, 2.05) is 6.92 Å². The molecule has 0 saturated carbocycles. The zero-order chi connectivity index (χ0) is 31.0. The lowest BCUT2D eigenvalue weighted by molar-refractivity contribution is -0.692. The number of aryl methyl sites for hydroxylation is 2. The van der Waals surface area contributed by atoms with Gasteiger partial charge in [-0.25, -0.2) is 8.42 Å². The fraction of sp³-hybridized carbons (Fsp3) is 0.743. The summed E-state index contributed by atoms with van der Waals surface area (Å²) in [6.07, 6.45) is 27.3. The minimum absolute atomic E-state index is 0.178. The highest BCUT2D eigenvalue weighted by molar-refractivity contribution is 7.85. The largest absolute Gasteiger partial charge is 0.744 e. The van der Waals surface area contributed by atoms with E-state index in [2.05, 4.69) is 28.6 Å². The topological polar surface area (TPSA) is 79.5 Å². The van der Waals surface area contributed by atoms with Gasteiger partial charge in [0.15, 0.2) is 6.20 Å². The van der Waals surface area contributed by atoms with Crippen LogP contribution in [-0.4, -0.2) is 38.9 Å². The molecule has 8 heteroatoms. The molecule has 1 aromatic carbocycles. The van der Waals surface area contributed by atoms with Crippen LogP contribution in [0.3, 0.4) is 0 Å². The second kappa shape index (κ2) is 24.0. The normalized spacial score (nSPS) is 16.7. The number of benzene rings is 1. The van der Waals surface area contributed by atoms with Crippen LogP contribution in [0.25, 0.3) is 0 Å². The van der Waals surface area contributed by atoms with Gasteiger partial charge in [0.25, 0.3) is 0 Å². The van der Waals surface area contributed by atoms with E-state index in [-0.39, 0.29) is 4.90 Å². The van der Waals surface area contributed by atoms with Crippen molar-refractivity contribution in [1.29, 1.82) is 0 Å². The smallest absolute Gasteiger partial charge is 0.224 e. The highest BCUT2D eigenvalue weighted by Gasteiger charge is 2.25. The monoisotopic (exact) mass is 637 g/mol. The minimum Gasteiger partial charge on any atom is -0.744 e. The van der Waals surface area contributed by atoms with Gasteiger partial charge in [-0.1, -0.05) is 119 Å². The van der Waals surface area contributed by atoms with Crippen molar-refractivity contribution in [2.75, 3.05) is 19.8 Å². The summed E-state index contributed by atoms with van der Waals surface area (Å²) in [4.78, 5) is -0.178. The molecule has 1 saturated heterocycles. The fourth-order valence-corrected chi connectivity index (χ4v) is 6.63. The number of ether oxygens (including phenoxy) is 2. The lowest BCUT2D eigenvalue weighted by atomic mass is 9.97. The Balaban J connectivity index is 0.000000490. The van der Waals surface area contributed by atoms with Gasteiger partial charge in [-0.3, -0.25) is 0 Å². The van der Waals surface area contributed by atoms with Crippen LogP contribution in [0.4, 0.5) is 0 Å². The van der Waals surface area contributed by atoms with Crippen LogP contribution in [0.5, 0.6) is 0 Å². The molecule has 0 amide bonds. The molecule has 0 N–H and O–H groups in total. The third-order valence-electron chi connectivity index (χ3n) is 8.23. The molecule has 1 fully saturated rings. The van der Waals surface area contributed by atoms with E-state index in [1.54, 1.807) is 23.5 Å². The number of aromatic nitrogens is 1. The van der Waals surface area contributed by atoms with Gasteiger partial charge in [-0.05, 0) is 50.7 Å². The van der Waals surface area contributed by atoms with Crippen LogP contribution in [0.2, 0.25) is 0 Å². The molecule has 43 heavy (non-hydrogen) atoms. The van der Waals surface area contributed by atoms with Crippen molar-refractivity contribution in [3.8, 4) is 0 Å². The van der Waals surface area contributed by atoms with Crippen molar-refractivity contribution < 1.29 is 27.0 Å². The molecule has 2 atom stereocenters. The van der Waals surface area contributed by atoms with Gasteiger partial charge in [0.05, 0.1) is 23.0 Å². The number of rotatable bonds is 23. The molecule has 2 aromatic rings. The Kier molecular flexibility index (Phi) is 21.1. The summed E-state index contributed by atoms with van der Waals surface area (Å²) >= 11 is 1.77. The van der Waals surface area contributed by atoms with Gasteiger partial charge in [0.2, 0.25) is 5.51 Å². The minimum atomic E-state index is -4.27. The van der Waals surface area contributed by atoms with E-state index in [0.29, 0.717) is 6.10 Å². The molecule has 2 heterocycles. The second-order valence-corrected chi connectivity index (χ2v) is 14.4. The van der Waals surface area contributed by atoms with E-state index in [0.717, 1.165) is 37.8 Å². The number of hydrogen-bond acceptors (Lipinski definition) is 6. The maximum Gasteiger partial charge on any atom is 0.224 e. The molecular formula is C35H59NO5S2. The van der Waals surface area contributed by atoms with E-state index in [4.69, 9.17) is 9.47 Å². The standard InChI is InChI=1S/C28H52NO2S.C7H8O3S/c1-2-3-4-5-6-7-8-9-10-11-12-15-18-27-23-28(31-24-27)25-30-21-17-14-13-16-19-29-20-22-32-26-29;1-6-2-4-7(5-3-6)11(8,9)10/h20,22,26-28H,2-19,21,23-25H2,1H3;2-5H,1H3,(H,8,9,10)/q+1;/p-1/t27-,28+;/m1./s1. The zero-order valence-corrected chi connectivity index (χ0v) is 28.7.